The van der Waals surface area contributed by atoms with Crippen molar-refractivity contribution in [2.45, 2.75) is 26.4 Å². The van der Waals surface area contributed by atoms with Gasteiger partial charge < -0.3 is 10.1 Å². The van der Waals surface area contributed by atoms with Gasteiger partial charge in [0.15, 0.2) is 5.13 Å². The van der Waals surface area contributed by atoms with E-state index in [1.165, 1.54) is 40.4 Å². The van der Waals surface area contributed by atoms with Gasteiger partial charge in [-0.1, -0.05) is 24.3 Å². The van der Waals surface area contributed by atoms with Crippen molar-refractivity contribution in [3.8, 4) is 5.75 Å². The average Bonchev–Trinajstić information content (AvgIpc) is 3.32. The van der Waals surface area contributed by atoms with Crippen LogP contribution in [0.5, 0.6) is 5.75 Å². The number of fused-ring (bicyclic) bond motifs is 1. The molecule has 1 N–H and O–H groups in total. The van der Waals surface area contributed by atoms with E-state index >= 15 is 0 Å². The number of nitrogens with one attached hydrogen (secondary N) is 1. The van der Waals surface area contributed by atoms with Gasteiger partial charge in [0.05, 0.1) is 22.3 Å². The number of rotatable bonds is 7. The molecule has 0 unspecified atom stereocenters. The van der Waals surface area contributed by atoms with Gasteiger partial charge in [-0.25, -0.2) is 14.4 Å². The van der Waals surface area contributed by atoms with E-state index in [9.17, 15) is 9.18 Å². The molecule has 0 fully saturated rings. The molecule has 1 amide bonds. The van der Waals surface area contributed by atoms with Crippen molar-refractivity contribution in [1.82, 2.24) is 9.97 Å². The monoisotopic (exact) mass is 427 g/mol. The maximum atomic E-state index is 12.9. The average molecular weight is 428 g/mol. The molecular formula is C21H18FN3O2S2. The second-order valence-corrected chi connectivity index (χ2v) is 8.35. The summed E-state index contributed by atoms with van der Waals surface area (Å²) in [6, 6.07) is 12.0. The largest absolute Gasteiger partial charge is 0.486 e. The minimum Gasteiger partial charge on any atom is -0.486 e. The van der Waals surface area contributed by atoms with Crippen molar-refractivity contribution in [3.05, 3.63) is 69.9 Å². The standard InChI is InChI=1S/C21H18FN3O2S2/c1-2-13-3-8-17-18(9-13)29-21(24-17)25-19(26)10-15-12-28-20(23-15)11-27-16-6-4-14(22)5-7-16/h3-9,12H,2,10-11H2,1H3,(H,24,25,26). The van der Waals surface area contributed by atoms with Crippen LogP contribution in [0.3, 0.4) is 0 Å². The summed E-state index contributed by atoms with van der Waals surface area (Å²) in [7, 11) is 0. The maximum absolute atomic E-state index is 12.9. The highest BCUT2D eigenvalue weighted by Crippen LogP contribution is 2.27. The molecule has 29 heavy (non-hydrogen) atoms. The zero-order valence-corrected chi connectivity index (χ0v) is 17.3. The molecule has 0 radical (unpaired) electrons. The van der Waals surface area contributed by atoms with E-state index in [2.05, 4.69) is 34.3 Å². The number of hydrogen-bond donors (Lipinski definition) is 1. The van der Waals surface area contributed by atoms with Crippen molar-refractivity contribution >= 4 is 43.9 Å². The predicted octanol–water partition coefficient (Wildman–Crippen LogP) is 5.21. The lowest BCUT2D eigenvalue weighted by Gasteiger charge is -2.03. The van der Waals surface area contributed by atoms with Crippen LogP contribution in [0.25, 0.3) is 10.2 Å². The van der Waals surface area contributed by atoms with Crippen molar-refractivity contribution < 1.29 is 13.9 Å². The van der Waals surface area contributed by atoms with Gasteiger partial charge in [-0.2, -0.15) is 0 Å². The number of amides is 1. The van der Waals surface area contributed by atoms with Gasteiger partial charge in [0.2, 0.25) is 5.91 Å². The van der Waals surface area contributed by atoms with E-state index in [0.717, 1.165) is 21.6 Å². The Hall–Kier alpha value is -2.84. The number of thiazole rings is 2. The van der Waals surface area contributed by atoms with E-state index in [4.69, 9.17) is 4.74 Å². The van der Waals surface area contributed by atoms with Crippen LogP contribution in [0.15, 0.2) is 47.8 Å². The highest BCUT2D eigenvalue weighted by Gasteiger charge is 2.12. The van der Waals surface area contributed by atoms with Crippen LogP contribution in [-0.2, 0) is 24.2 Å². The summed E-state index contributed by atoms with van der Waals surface area (Å²) in [5.74, 6) is 0.109. The molecule has 0 aliphatic rings. The van der Waals surface area contributed by atoms with Gasteiger partial charge >= 0.3 is 0 Å². The quantitative estimate of drug-likeness (QED) is 0.439. The minimum atomic E-state index is -0.307. The molecule has 2 heterocycles. The Morgan fingerprint density at radius 1 is 1.17 bits per heavy atom. The number of benzene rings is 2. The normalized spacial score (nSPS) is 11.0. The molecule has 0 aliphatic carbocycles. The Balaban J connectivity index is 1.33. The molecule has 5 nitrogen and oxygen atoms in total. The fourth-order valence-electron chi connectivity index (χ4n) is 2.74. The molecule has 0 atom stereocenters. The lowest BCUT2D eigenvalue weighted by atomic mass is 10.2. The SMILES string of the molecule is CCc1ccc2nc(NC(=O)Cc3csc(COc4ccc(F)cc4)n3)sc2c1. The predicted molar refractivity (Wildman–Crippen MR) is 114 cm³/mol. The van der Waals surface area contributed by atoms with Gasteiger partial charge in [0, 0.05) is 5.38 Å². The first kappa shape index (κ1) is 19.5. The number of nitrogens with zero attached hydrogens (tertiary/aromatic N) is 2. The molecular weight excluding hydrogens is 409 g/mol. The zero-order chi connectivity index (χ0) is 20.2. The van der Waals surface area contributed by atoms with E-state index in [1.54, 1.807) is 12.1 Å². The Labute approximate surface area is 175 Å². The minimum absolute atomic E-state index is 0.156. The highest BCUT2D eigenvalue weighted by molar-refractivity contribution is 7.22. The van der Waals surface area contributed by atoms with Crippen LogP contribution in [0.4, 0.5) is 9.52 Å². The molecule has 4 rings (SSSR count). The number of carbonyl (C=O) groups is 1. The Bertz CT molecular complexity index is 1140. The number of aromatic nitrogens is 2. The van der Waals surface area contributed by atoms with Crippen LogP contribution in [0.2, 0.25) is 0 Å². The Kier molecular flexibility index (Phi) is 5.82. The molecule has 2 aromatic heterocycles. The van der Waals surface area contributed by atoms with E-state index in [0.29, 0.717) is 16.6 Å². The Morgan fingerprint density at radius 2 is 2.00 bits per heavy atom. The third-order valence-corrected chi connectivity index (χ3v) is 6.03. The molecule has 0 saturated heterocycles. The van der Waals surface area contributed by atoms with Crippen LogP contribution in [0, 0.1) is 5.82 Å². The van der Waals surface area contributed by atoms with Crippen LogP contribution >= 0.6 is 22.7 Å². The first-order valence-electron chi connectivity index (χ1n) is 9.10. The zero-order valence-electron chi connectivity index (χ0n) is 15.6. The summed E-state index contributed by atoms with van der Waals surface area (Å²) in [4.78, 5) is 21.3. The van der Waals surface area contributed by atoms with Crippen LogP contribution in [-0.4, -0.2) is 15.9 Å². The summed E-state index contributed by atoms with van der Waals surface area (Å²) in [6.07, 6.45) is 1.13. The molecule has 148 valence electrons. The van der Waals surface area contributed by atoms with Crippen LogP contribution < -0.4 is 10.1 Å². The lowest BCUT2D eigenvalue weighted by molar-refractivity contribution is -0.115. The van der Waals surface area contributed by atoms with Gasteiger partial charge in [-0.15, -0.1) is 11.3 Å². The summed E-state index contributed by atoms with van der Waals surface area (Å²) < 4.78 is 19.6. The van der Waals surface area contributed by atoms with Crippen molar-refractivity contribution in [1.29, 1.82) is 0 Å². The van der Waals surface area contributed by atoms with Crippen molar-refractivity contribution in [3.63, 3.8) is 0 Å². The third-order valence-electron chi connectivity index (χ3n) is 4.22. The summed E-state index contributed by atoms with van der Waals surface area (Å²) in [5, 5.41) is 6.04. The fraction of sp³-hybridized carbons (Fsp3) is 0.190. The second kappa shape index (κ2) is 8.67. The molecule has 4 aromatic rings. The lowest BCUT2D eigenvalue weighted by Crippen LogP contribution is -2.14. The topological polar surface area (TPSA) is 64.1 Å². The maximum Gasteiger partial charge on any atom is 0.232 e. The first-order chi connectivity index (χ1) is 14.1. The molecule has 8 heteroatoms. The van der Waals surface area contributed by atoms with Crippen molar-refractivity contribution in [2.24, 2.45) is 0 Å². The third kappa shape index (κ3) is 4.96. The highest BCUT2D eigenvalue weighted by atomic mass is 32.1. The molecule has 0 aliphatic heterocycles. The first-order valence-corrected chi connectivity index (χ1v) is 10.8. The van der Waals surface area contributed by atoms with E-state index in [-0.39, 0.29) is 24.8 Å². The second-order valence-electron chi connectivity index (χ2n) is 6.37. The smallest absolute Gasteiger partial charge is 0.232 e. The summed E-state index contributed by atoms with van der Waals surface area (Å²) in [6.45, 7) is 2.38. The summed E-state index contributed by atoms with van der Waals surface area (Å²) in [5.41, 5.74) is 2.81. The molecule has 2 aromatic carbocycles. The molecule has 0 saturated carbocycles. The molecule has 0 spiro atoms. The van der Waals surface area contributed by atoms with Crippen LogP contribution in [0.1, 0.15) is 23.2 Å². The number of halogens is 1. The van der Waals surface area contributed by atoms with Gasteiger partial charge in [-0.3, -0.25) is 4.79 Å². The molecule has 0 bridgehead atoms. The van der Waals surface area contributed by atoms with Gasteiger partial charge in [0.1, 0.15) is 23.2 Å². The summed E-state index contributed by atoms with van der Waals surface area (Å²) >= 11 is 2.90. The fourth-order valence-corrected chi connectivity index (χ4v) is 4.39. The van der Waals surface area contributed by atoms with Gasteiger partial charge in [0.25, 0.3) is 0 Å². The number of carbonyl (C=O) groups excluding carboxylic acids is 1. The number of aryl methyl sites for hydroxylation is 1. The van der Waals surface area contributed by atoms with Gasteiger partial charge in [-0.05, 0) is 48.4 Å². The number of hydrogen-bond acceptors (Lipinski definition) is 6. The number of anilines is 1. The van der Waals surface area contributed by atoms with Crippen molar-refractivity contribution in [2.75, 3.05) is 5.32 Å². The number of ether oxygens (including phenoxy) is 1. The van der Waals surface area contributed by atoms with E-state index < -0.39 is 0 Å². The Morgan fingerprint density at radius 3 is 2.79 bits per heavy atom. The van der Waals surface area contributed by atoms with E-state index in [1.807, 2.05) is 11.4 Å².